The first-order valence-corrected chi connectivity index (χ1v) is 5.97. The van der Waals surface area contributed by atoms with Crippen molar-refractivity contribution < 1.29 is 13.6 Å². The van der Waals surface area contributed by atoms with Gasteiger partial charge < -0.3 is 10.2 Å². The molecule has 1 heterocycles. The fourth-order valence-electron chi connectivity index (χ4n) is 2.11. The summed E-state index contributed by atoms with van der Waals surface area (Å²) >= 11 is 0. The highest BCUT2D eigenvalue weighted by atomic mass is 19.1. The van der Waals surface area contributed by atoms with Gasteiger partial charge in [0, 0.05) is 31.7 Å². The third-order valence-corrected chi connectivity index (χ3v) is 3.13. The highest BCUT2D eigenvalue weighted by Gasteiger charge is 2.24. The van der Waals surface area contributed by atoms with Gasteiger partial charge in [-0.15, -0.1) is 0 Å². The number of carbonyl (C=O) groups excluding carboxylic acids is 1. The Morgan fingerprint density at radius 3 is 2.78 bits per heavy atom. The van der Waals surface area contributed by atoms with Gasteiger partial charge in [-0.3, -0.25) is 4.79 Å². The van der Waals surface area contributed by atoms with E-state index in [1.54, 1.807) is 4.90 Å². The third kappa shape index (κ3) is 2.51. The number of nitrogens with zero attached hydrogens (tertiary/aromatic N) is 1. The number of halogens is 2. The molecule has 1 unspecified atom stereocenters. The van der Waals surface area contributed by atoms with Gasteiger partial charge in [-0.2, -0.15) is 0 Å². The summed E-state index contributed by atoms with van der Waals surface area (Å²) in [6, 6.07) is 2.24. The predicted molar refractivity (Wildman–Crippen MR) is 64.5 cm³/mol. The second-order valence-corrected chi connectivity index (χ2v) is 4.69. The molecule has 1 aliphatic rings. The Kier molecular flexibility index (Phi) is 3.61. The van der Waals surface area contributed by atoms with Crippen molar-refractivity contribution in [2.24, 2.45) is 0 Å². The smallest absolute Gasteiger partial charge is 0.256 e. The van der Waals surface area contributed by atoms with E-state index in [0.29, 0.717) is 19.6 Å². The van der Waals surface area contributed by atoms with E-state index in [1.807, 2.05) is 6.92 Å². The first-order chi connectivity index (χ1) is 8.49. The van der Waals surface area contributed by atoms with Crippen molar-refractivity contribution in [2.75, 3.05) is 19.6 Å². The van der Waals surface area contributed by atoms with Gasteiger partial charge in [0.15, 0.2) is 0 Å². The Morgan fingerprint density at radius 2 is 2.11 bits per heavy atom. The fourth-order valence-corrected chi connectivity index (χ4v) is 2.11. The second-order valence-electron chi connectivity index (χ2n) is 4.69. The molecule has 0 aromatic heterocycles. The maximum Gasteiger partial charge on any atom is 0.256 e. The molecule has 1 aliphatic heterocycles. The van der Waals surface area contributed by atoms with Crippen molar-refractivity contribution in [3.63, 3.8) is 0 Å². The molecule has 5 heteroatoms. The van der Waals surface area contributed by atoms with Crippen LogP contribution in [0.25, 0.3) is 0 Å². The normalized spacial score (nSPS) is 20.0. The first-order valence-electron chi connectivity index (χ1n) is 5.97. The van der Waals surface area contributed by atoms with E-state index in [2.05, 4.69) is 5.32 Å². The van der Waals surface area contributed by atoms with Gasteiger partial charge in [0.2, 0.25) is 0 Å². The van der Waals surface area contributed by atoms with Crippen LogP contribution in [0, 0.1) is 18.6 Å². The van der Waals surface area contributed by atoms with Crippen molar-refractivity contribution in [1.82, 2.24) is 10.2 Å². The van der Waals surface area contributed by atoms with Gasteiger partial charge in [0.1, 0.15) is 11.6 Å². The lowest BCUT2D eigenvalue weighted by molar-refractivity contribution is 0.0704. The van der Waals surface area contributed by atoms with Crippen LogP contribution in [0.5, 0.6) is 0 Å². The minimum Gasteiger partial charge on any atom is -0.336 e. The number of aryl methyl sites for hydroxylation is 1. The van der Waals surface area contributed by atoms with E-state index in [4.69, 9.17) is 0 Å². The Balaban J connectivity index is 2.25. The van der Waals surface area contributed by atoms with E-state index < -0.39 is 11.6 Å². The predicted octanol–water partition coefficient (Wildman–Crippen LogP) is 1.71. The average Bonchev–Trinajstić information content (AvgIpc) is 2.33. The number of benzene rings is 1. The third-order valence-electron chi connectivity index (χ3n) is 3.13. The minimum atomic E-state index is -0.797. The topological polar surface area (TPSA) is 32.3 Å². The molecule has 3 nitrogen and oxygen atoms in total. The number of hydrogen-bond donors (Lipinski definition) is 1. The van der Waals surface area contributed by atoms with Crippen LogP contribution in [0.2, 0.25) is 0 Å². The summed E-state index contributed by atoms with van der Waals surface area (Å²) in [4.78, 5) is 13.8. The molecule has 0 radical (unpaired) electrons. The molecule has 18 heavy (non-hydrogen) atoms. The molecular formula is C13H16F2N2O. The van der Waals surface area contributed by atoms with E-state index in [0.717, 1.165) is 6.07 Å². The zero-order valence-corrected chi connectivity index (χ0v) is 10.5. The summed E-state index contributed by atoms with van der Waals surface area (Å²) in [5.74, 6) is -1.80. The van der Waals surface area contributed by atoms with Crippen molar-refractivity contribution in [2.45, 2.75) is 19.9 Å². The molecule has 1 saturated heterocycles. The fraction of sp³-hybridized carbons (Fsp3) is 0.462. The van der Waals surface area contributed by atoms with E-state index in [1.165, 1.54) is 13.0 Å². The van der Waals surface area contributed by atoms with Gasteiger partial charge in [-0.25, -0.2) is 8.78 Å². The van der Waals surface area contributed by atoms with Crippen molar-refractivity contribution in [1.29, 1.82) is 0 Å². The molecule has 1 fully saturated rings. The zero-order valence-electron chi connectivity index (χ0n) is 10.5. The Morgan fingerprint density at radius 1 is 1.39 bits per heavy atom. The SMILES string of the molecule is Cc1cc(C(=O)N2CCNC(C)C2)c(F)cc1F. The van der Waals surface area contributed by atoms with Gasteiger partial charge >= 0.3 is 0 Å². The molecule has 1 aromatic carbocycles. The number of piperazine rings is 1. The average molecular weight is 254 g/mol. The highest BCUT2D eigenvalue weighted by molar-refractivity contribution is 5.94. The van der Waals surface area contributed by atoms with E-state index in [9.17, 15) is 13.6 Å². The molecule has 1 amide bonds. The van der Waals surface area contributed by atoms with Crippen LogP contribution >= 0.6 is 0 Å². The number of carbonyl (C=O) groups is 1. The quantitative estimate of drug-likeness (QED) is 0.827. The van der Waals surface area contributed by atoms with E-state index >= 15 is 0 Å². The second kappa shape index (κ2) is 5.02. The highest BCUT2D eigenvalue weighted by Crippen LogP contribution is 2.17. The van der Waals surface area contributed by atoms with Gasteiger partial charge in [0.05, 0.1) is 5.56 Å². The molecule has 0 bridgehead atoms. The van der Waals surface area contributed by atoms with Crippen LogP contribution < -0.4 is 5.32 Å². The maximum atomic E-state index is 13.6. The van der Waals surface area contributed by atoms with Crippen molar-refractivity contribution in [3.8, 4) is 0 Å². The van der Waals surface area contributed by atoms with Crippen LogP contribution in [0.3, 0.4) is 0 Å². The lowest BCUT2D eigenvalue weighted by atomic mass is 10.1. The summed E-state index contributed by atoms with van der Waals surface area (Å²) in [6.45, 7) is 5.25. The molecule has 0 aliphatic carbocycles. The molecular weight excluding hydrogens is 238 g/mol. The summed E-state index contributed by atoms with van der Waals surface area (Å²) in [5, 5.41) is 3.21. The summed E-state index contributed by atoms with van der Waals surface area (Å²) in [5.41, 5.74) is 0.228. The molecule has 0 spiro atoms. The number of rotatable bonds is 1. The molecule has 1 aromatic rings. The Bertz CT molecular complexity index is 476. The lowest BCUT2D eigenvalue weighted by Gasteiger charge is -2.32. The summed E-state index contributed by atoms with van der Waals surface area (Å²) in [6.07, 6.45) is 0. The van der Waals surface area contributed by atoms with E-state index in [-0.39, 0.29) is 23.1 Å². The van der Waals surface area contributed by atoms with Crippen LogP contribution in [-0.4, -0.2) is 36.5 Å². The molecule has 1 atom stereocenters. The molecule has 2 rings (SSSR count). The van der Waals surface area contributed by atoms with Crippen LogP contribution in [0.4, 0.5) is 8.78 Å². The van der Waals surface area contributed by atoms with Crippen LogP contribution in [-0.2, 0) is 0 Å². The van der Waals surface area contributed by atoms with Gasteiger partial charge in [-0.1, -0.05) is 0 Å². The summed E-state index contributed by atoms with van der Waals surface area (Å²) < 4.78 is 26.8. The van der Waals surface area contributed by atoms with Crippen molar-refractivity contribution >= 4 is 5.91 Å². The first kappa shape index (κ1) is 13.0. The number of hydrogen-bond acceptors (Lipinski definition) is 2. The van der Waals surface area contributed by atoms with Crippen LogP contribution in [0.15, 0.2) is 12.1 Å². The largest absolute Gasteiger partial charge is 0.336 e. The Hall–Kier alpha value is -1.49. The minimum absolute atomic E-state index is 0.0528. The summed E-state index contributed by atoms with van der Waals surface area (Å²) in [7, 11) is 0. The Labute approximate surface area is 105 Å². The standard InChI is InChI=1S/C13H16F2N2O/c1-8-5-10(12(15)6-11(8)14)13(18)17-4-3-16-9(2)7-17/h5-6,9,16H,3-4,7H2,1-2H3. The molecule has 1 N–H and O–H groups in total. The number of nitrogens with one attached hydrogen (secondary N) is 1. The molecule has 98 valence electrons. The monoisotopic (exact) mass is 254 g/mol. The lowest BCUT2D eigenvalue weighted by Crippen LogP contribution is -2.51. The van der Waals surface area contributed by atoms with Gasteiger partial charge in [0.25, 0.3) is 5.91 Å². The zero-order chi connectivity index (χ0) is 13.3. The number of amides is 1. The van der Waals surface area contributed by atoms with Crippen molar-refractivity contribution in [3.05, 3.63) is 34.9 Å². The molecule has 0 saturated carbocycles. The maximum absolute atomic E-state index is 13.6. The van der Waals surface area contributed by atoms with Crippen LogP contribution in [0.1, 0.15) is 22.8 Å². The van der Waals surface area contributed by atoms with Gasteiger partial charge in [-0.05, 0) is 25.5 Å².